The fourth-order valence-electron chi connectivity index (χ4n) is 2.10. The number of aromatic amines is 1. The van der Waals surface area contributed by atoms with E-state index in [4.69, 9.17) is 10.00 Å². The van der Waals surface area contributed by atoms with Crippen molar-refractivity contribution in [3.8, 4) is 11.8 Å². The predicted octanol–water partition coefficient (Wildman–Crippen LogP) is 3.22. The van der Waals surface area contributed by atoms with Crippen LogP contribution in [-0.4, -0.2) is 11.6 Å². The first-order valence-electron chi connectivity index (χ1n) is 5.39. The molecule has 3 rings (SSSR count). The number of nitrogens with one attached hydrogen (secondary N) is 1. The normalized spacial score (nSPS) is 10.5. The lowest BCUT2D eigenvalue weighted by atomic mass is 10.1. The van der Waals surface area contributed by atoms with E-state index >= 15 is 0 Å². The number of fused-ring (bicyclic) bond motifs is 3. The van der Waals surface area contributed by atoms with Gasteiger partial charge in [-0.25, -0.2) is 0 Å². The molecule has 0 amide bonds. The molecule has 0 spiro atoms. The molecule has 2 aromatic carbocycles. The lowest BCUT2D eigenvalue weighted by molar-refractivity contribution is 0.373. The highest BCUT2D eigenvalue weighted by Gasteiger charge is 2.08. The number of aromatic nitrogens is 1. The fraction of sp³-hybridized carbons (Fsp3) is 0.0714. The summed E-state index contributed by atoms with van der Waals surface area (Å²) in [6, 6.07) is 15.9. The van der Waals surface area contributed by atoms with Crippen LogP contribution in [0.1, 0.15) is 0 Å². The minimum atomic E-state index is 0.0681. The fourth-order valence-corrected chi connectivity index (χ4v) is 2.10. The number of nitrogens with zero attached hydrogens (tertiary/aromatic N) is 1. The Kier molecular flexibility index (Phi) is 2.20. The van der Waals surface area contributed by atoms with Crippen molar-refractivity contribution in [2.45, 2.75) is 0 Å². The first kappa shape index (κ1) is 9.73. The van der Waals surface area contributed by atoms with Gasteiger partial charge in [0, 0.05) is 16.3 Å². The van der Waals surface area contributed by atoms with Crippen molar-refractivity contribution < 1.29 is 4.74 Å². The van der Waals surface area contributed by atoms with Crippen molar-refractivity contribution in [3.63, 3.8) is 0 Å². The van der Waals surface area contributed by atoms with Crippen molar-refractivity contribution in [2.75, 3.05) is 6.61 Å². The molecule has 1 N–H and O–H groups in total. The molecular formula is C14H10N2O. The second-order valence-corrected chi connectivity index (χ2v) is 3.80. The third-order valence-corrected chi connectivity index (χ3v) is 2.78. The second kappa shape index (κ2) is 3.84. The first-order valence-corrected chi connectivity index (χ1v) is 5.39. The van der Waals surface area contributed by atoms with Crippen molar-refractivity contribution in [1.82, 2.24) is 4.98 Å². The van der Waals surface area contributed by atoms with E-state index in [1.54, 1.807) is 0 Å². The average Bonchev–Trinajstić information content (AvgIpc) is 2.75. The van der Waals surface area contributed by atoms with Crippen LogP contribution in [0.4, 0.5) is 0 Å². The smallest absolute Gasteiger partial charge is 0.174 e. The molecule has 0 saturated carbocycles. The van der Waals surface area contributed by atoms with Gasteiger partial charge in [-0.15, -0.1) is 0 Å². The summed E-state index contributed by atoms with van der Waals surface area (Å²) in [4.78, 5) is 3.33. The lowest BCUT2D eigenvalue weighted by Gasteiger charge is -2.03. The van der Waals surface area contributed by atoms with Crippen LogP contribution in [-0.2, 0) is 0 Å². The van der Waals surface area contributed by atoms with Crippen molar-refractivity contribution in [2.24, 2.45) is 0 Å². The summed E-state index contributed by atoms with van der Waals surface area (Å²) in [6.07, 6.45) is 0. The van der Waals surface area contributed by atoms with E-state index in [-0.39, 0.29) is 6.61 Å². The van der Waals surface area contributed by atoms with Crippen LogP contribution in [0.3, 0.4) is 0 Å². The van der Waals surface area contributed by atoms with Gasteiger partial charge in [0.25, 0.3) is 0 Å². The van der Waals surface area contributed by atoms with E-state index in [9.17, 15) is 0 Å². The van der Waals surface area contributed by atoms with Crippen molar-refractivity contribution >= 4 is 21.8 Å². The summed E-state index contributed by atoms with van der Waals surface area (Å²) in [5, 5.41) is 10.7. The molecule has 3 heteroatoms. The zero-order chi connectivity index (χ0) is 11.7. The van der Waals surface area contributed by atoms with Gasteiger partial charge in [-0.1, -0.05) is 24.3 Å². The molecule has 0 unspecified atom stereocenters. The number of H-pyrrole nitrogens is 1. The quantitative estimate of drug-likeness (QED) is 0.723. The first-order chi connectivity index (χ1) is 8.40. The van der Waals surface area contributed by atoms with Crippen LogP contribution in [0.25, 0.3) is 21.8 Å². The van der Waals surface area contributed by atoms with Gasteiger partial charge in [0.05, 0.1) is 5.52 Å². The van der Waals surface area contributed by atoms with E-state index in [0.717, 1.165) is 27.6 Å². The van der Waals surface area contributed by atoms with Gasteiger partial charge in [0.15, 0.2) is 6.61 Å². The Labute approximate surface area is 98.2 Å². The number of benzene rings is 2. The molecule has 0 atom stereocenters. The zero-order valence-corrected chi connectivity index (χ0v) is 9.10. The van der Waals surface area contributed by atoms with E-state index in [2.05, 4.69) is 4.98 Å². The minimum Gasteiger partial charge on any atom is -0.478 e. The third kappa shape index (κ3) is 1.51. The summed E-state index contributed by atoms with van der Waals surface area (Å²) in [6.45, 7) is 0.0681. The number of ether oxygens (including phenoxy) is 1. The van der Waals surface area contributed by atoms with E-state index in [1.807, 2.05) is 48.5 Å². The summed E-state index contributed by atoms with van der Waals surface area (Å²) in [7, 11) is 0. The molecule has 0 aliphatic carbocycles. The number of hydrogen-bond acceptors (Lipinski definition) is 2. The van der Waals surface area contributed by atoms with Crippen molar-refractivity contribution in [3.05, 3.63) is 42.5 Å². The molecule has 3 aromatic rings. The van der Waals surface area contributed by atoms with Crippen molar-refractivity contribution in [1.29, 1.82) is 5.26 Å². The summed E-state index contributed by atoms with van der Waals surface area (Å²) >= 11 is 0. The minimum absolute atomic E-state index is 0.0681. The molecule has 3 nitrogen and oxygen atoms in total. The molecule has 1 heterocycles. The zero-order valence-electron chi connectivity index (χ0n) is 9.10. The predicted molar refractivity (Wildman–Crippen MR) is 66.9 cm³/mol. The topological polar surface area (TPSA) is 48.8 Å². The second-order valence-electron chi connectivity index (χ2n) is 3.80. The van der Waals surface area contributed by atoms with Crippen LogP contribution in [0, 0.1) is 11.3 Å². The highest BCUT2D eigenvalue weighted by atomic mass is 16.5. The maximum atomic E-state index is 8.58. The Morgan fingerprint density at radius 1 is 1.06 bits per heavy atom. The molecule has 0 aliphatic rings. The van der Waals surface area contributed by atoms with Gasteiger partial charge < -0.3 is 9.72 Å². The molecule has 0 fully saturated rings. The molecular weight excluding hydrogens is 212 g/mol. The van der Waals surface area contributed by atoms with Gasteiger partial charge in [-0.3, -0.25) is 0 Å². The van der Waals surface area contributed by atoms with Gasteiger partial charge in [-0.05, 0) is 18.2 Å². The standard InChI is InChI=1S/C14H10N2O/c15-8-9-17-13-7-3-6-12-14(13)10-4-1-2-5-11(10)16-12/h1-7,16H,9H2. The van der Waals surface area contributed by atoms with E-state index < -0.39 is 0 Å². The monoisotopic (exact) mass is 222 g/mol. The Morgan fingerprint density at radius 3 is 2.76 bits per heavy atom. The number of para-hydroxylation sites is 1. The summed E-state index contributed by atoms with van der Waals surface area (Å²) in [5.41, 5.74) is 2.11. The lowest BCUT2D eigenvalue weighted by Crippen LogP contribution is -1.93. The maximum absolute atomic E-state index is 8.58. The van der Waals surface area contributed by atoms with Crippen LogP contribution in [0.15, 0.2) is 42.5 Å². The molecule has 0 radical (unpaired) electrons. The van der Waals surface area contributed by atoms with E-state index in [0.29, 0.717) is 0 Å². The molecule has 0 bridgehead atoms. The van der Waals surface area contributed by atoms with Crippen LogP contribution in [0.2, 0.25) is 0 Å². The molecule has 0 saturated heterocycles. The van der Waals surface area contributed by atoms with Crippen LogP contribution >= 0.6 is 0 Å². The number of hydrogen-bond donors (Lipinski definition) is 1. The molecule has 82 valence electrons. The largest absolute Gasteiger partial charge is 0.478 e. The average molecular weight is 222 g/mol. The Bertz CT molecular complexity index is 722. The molecule has 1 aromatic heterocycles. The van der Waals surface area contributed by atoms with Gasteiger partial charge >= 0.3 is 0 Å². The van der Waals surface area contributed by atoms with Gasteiger partial charge in [0.2, 0.25) is 0 Å². The Morgan fingerprint density at radius 2 is 1.88 bits per heavy atom. The summed E-state index contributed by atoms with van der Waals surface area (Å²) < 4.78 is 5.45. The number of rotatable bonds is 2. The maximum Gasteiger partial charge on any atom is 0.174 e. The molecule has 17 heavy (non-hydrogen) atoms. The highest BCUT2D eigenvalue weighted by Crippen LogP contribution is 2.32. The van der Waals surface area contributed by atoms with Gasteiger partial charge in [-0.2, -0.15) is 5.26 Å². The molecule has 0 aliphatic heterocycles. The van der Waals surface area contributed by atoms with E-state index in [1.165, 1.54) is 0 Å². The van der Waals surface area contributed by atoms with Gasteiger partial charge in [0.1, 0.15) is 11.8 Å². The summed E-state index contributed by atoms with van der Waals surface area (Å²) in [5.74, 6) is 0.751. The SMILES string of the molecule is N#CCOc1cccc2[nH]c3ccccc3c12. The Hall–Kier alpha value is -2.47. The number of nitriles is 1. The Balaban J connectivity index is 2.32. The third-order valence-electron chi connectivity index (χ3n) is 2.78. The van der Waals surface area contributed by atoms with Crippen LogP contribution in [0.5, 0.6) is 5.75 Å². The highest BCUT2D eigenvalue weighted by molar-refractivity contribution is 6.10. The van der Waals surface area contributed by atoms with Crippen LogP contribution < -0.4 is 4.74 Å².